The number of carbonyl (C=O) groups excluding carboxylic acids is 2. The molecule has 0 radical (unpaired) electrons. The van der Waals surface area contributed by atoms with Crippen LogP contribution in [0.2, 0.25) is 0 Å². The van der Waals surface area contributed by atoms with Gasteiger partial charge in [0.15, 0.2) is 0 Å². The fourth-order valence-electron chi connectivity index (χ4n) is 2.16. The molecule has 0 spiro atoms. The number of rotatable bonds is 6. The summed E-state index contributed by atoms with van der Waals surface area (Å²) in [5.74, 6) is -0.559. The number of hydrogen-bond acceptors (Lipinski definition) is 4. The third kappa shape index (κ3) is 3.98. The van der Waals surface area contributed by atoms with Gasteiger partial charge in [-0.15, -0.1) is 12.4 Å². The second-order valence-corrected chi connectivity index (χ2v) is 4.86. The number of nitrogens with two attached hydrogens (primary N) is 1. The Morgan fingerprint density at radius 1 is 1.38 bits per heavy atom. The molecular weight excluding hydrogens is 294 g/mol. The molecule has 7 heteroatoms. The molecule has 0 atom stereocenters. The van der Waals surface area contributed by atoms with Crippen molar-refractivity contribution in [3.05, 3.63) is 18.0 Å². The minimum Gasteiger partial charge on any atom is -0.464 e. The van der Waals surface area contributed by atoms with E-state index in [0.29, 0.717) is 30.8 Å². The number of anilines is 1. The number of halogens is 1. The van der Waals surface area contributed by atoms with Crippen LogP contribution in [0.4, 0.5) is 5.69 Å². The summed E-state index contributed by atoms with van der Waals surface area (Å²) in [6.07, 6.45) is 3.02. The van der Waals surface area contributed by atoms with Crippen LogP contribution < -0.4 is 11.1 Å². The maximum atomic E-state index is 12.4. The lowest BCUT2D eigenvalue weighted by Crippen LogP contribution is -2.41. The SMILES string of the molecule is CCC(CC)(CN)C(=O)Nc1cc(C(=O)OC)n(C)c1.Cl. The lowest BCUT2D eigenvalue weighted by Gasteiger charge is -2.28. The molecule has 0 unspecified atom stereocenters. The standard InChI is InChI=1S/C14H23N3O3.ClH/c1-5-14(6-2,9-15)13(19)16-10-7-11(12(18)20-4)17(3)8-10;/h7-8H,5-6,9,15H2,1-4H3,(H,16,19);1H. The van der Waals surface area contributed by atoms with Crippen LogP contribution in [0.15, 0.2) is 12.3 Å². The van der Waals surface area contributed by atoms with Crippen molar-refractivity contribution in [2.45, 2.75) is 26.7 Å². The summed E-state index contributed by atoms with van der Waals surface area (Å²) in [5.41, 5.74) is 6.13. The van der Waals surface area contributed by atoms with Crippen LogP contribution in [0.1, 0.15) is 37.2 Å². The normalized spacial score (nSPS) is 10.7. The maximum absolute atomic E-state index is 12.4. The molecule has 0 saturated carbocycles. The van der Waals surface area contributed by atoms with Crippen LogP contribution in [0.25, 0.3) is 0 Å². The fourth-order valence-corrected chi connectivity index (χ4v) is 2.16. The molecule has 1 rings (SSSR count). The van der Waals surface area contributed by atoms with Gasteiger partial charge in [0.25, 0.3) is 0 Å². The first kappa shape index (κ1) is 19.5. The molecule has 0 fully saturated rings. The van der Waals surface area contributed by atoms with E-state index in [4.69, 9.17) is 5.73 Å². The molecule has 1 aromatic heterocycles. The highest BCUT2D eigenvalue weighted by Gasteiger charge is 2.33. The molecule has 6 nitrogen and oxygen atoms in total. The van der Waals surface area contributed by atoms with E-state index in [1.165, 1.54) is 7.11 Å². The molecule has 0 aromatic carbocycles. The first-order valence-electron chi connectivity index (χ1n) is 6.70. The summed E-state index contributed by atoms with van der Waals surface area (Å²) in [4.78, 5) is 23.9. The van der Waals surface area contributed by atoms with Crippen molar-refractivity contribution in [3.63, 3.8) is 0 Å². The van der Waals surface area contributed by atoms with Crippen molar-refractivity contribution in [1.82, 2.24) is 4.57 Å². The number of aromatic nitrogens is 1. The highest BCUT2D eigenvalue weighted by atomic mass is 35.5. The second-order valence-electron chi connectivity index (χ2n) is 4.86. The minimum absolute atomic E-state index is 0. The molecule has 1 aromatic rings. The van der Waals surface area contributed by atoms with Gasteiger partial charge in [-0.25, -0.2) is 4.79 Å². The van der Waals surface area contributed by atoms with E-state index in [2.05, 4.69) is 10.1 Å². The summed E-state index contributed by atoms with van der Waals surface area (Å²) in [6.45, 7) is 4.18. The predicted molar refractivity (Wildman–Crippen MR) is 84.7 cm³/mol. The van der Waals surface area contributed by atoms with E-state index in [0.717, 1.165) is 0 Å². The number of carbonyl (C=O) groups is 2. The zero-order valence-corrected chi connectivity index (χ0v) is 13.8. The summed E-state index contributed by atoms with van der Waals surface area (Å²) in [7, 11) is 3.04. The largest absolute Gasteiger partial charge is 0.464 e. The molecule has 0 saturated heterocycles. The number of nitrogens with one attached hydrogen (secondary N) is 1. The summed E-state index contributed by atoms with van der Waals surface area (Å²) >= 11 is 0. The van der Waals surface area contributed by atoms with Crippen molar-refractivity contribution in [1.29, 1.82) is 0 Å². The third-order valence-electron chi connectivity index (χ3n) is 3.88. The Morgan fingerprint density at radius 3 is 2.38 bits per heavy atom. The first-order chi connectivity index (χ1) is 9.43. The Kier molecular flexibility index (Phi) is 7.46. The number of methoxy groups -OCH3 is 1. The van der Waals surface area contributed by atoms with Crippen molar-refractivity contribution in [3.8, 4) is 0 Å². The van der Waals surface area contributed by atoms with Gasteiger partial charge in [-0.3, -0.25) is 4.79 Å². The molecule has 0 bridgehead atoms. The van der Waals surface area contributed by atoms with Gasteiger partial charge in [-0.1, -0.05) is 13.8 Å². The number of hydrogen-bond donors (Lipinski definition) is 2. The molecule has 120 valence electrons. The average molecular weight is 318 g/mol. The molecular formula is C14H24ClN3O3. The van der Waals surface area contributed by atoms with E-state index >= 15 is 0 Å². The molecule has 0 aliphatic carbocycles. The number of amides is 1. The summed E-state index contributed by atoms with van der Waals surface area (Å²) in [5, 5.41) is 2.83. The van der Waals surface area contributed by atoms with E-state index < -0.39 is 11.4 Å². The van der Waals surface area contributed by atoms with Crippen molar-refractivity contribution in [2.24, 2.45) is 18.2 Å². The molecule has 3 N–H and O–H groups in total. The lowest BCUT2D eigenvalue weighted by molar-refractivity contribution is -0.125. The minimum atomic E-state index is -0.568. The quantitative estimate of drug-likeness (QED) is 0.785. The molecule has 0 aliphatic rings. The van der Waals surface area contributed by atoms with Gasteiger partial charge in [-0.05, 0) is 18.9 Å². The zero-order valence-electron chi connectivity index (χ0n) is 12.9. The Hall–Kier alpha value is -1.53. The third-order valence-corrected chi connectivity index (χ3v) is 3.88. The maximum Gasteiger partial charge on any atom is 0.354 e. The number of esters is 1. The number of ether oxygens (including phenoxy) is 1. The predicted octanol–water partition coefficient (Wildman–Crippen LogP) is 1.94. The van der Waals surface area contributed by atoms with E-state index in [-0.39, 0.29) is 18.3 Å². The highest BCUT2D eigenvalue weighted by molar-refractivity contribution is 5.97. The van der Waals surface area contributed by atoms with Crippen LogP contribution in [-0.4, -0.2) is 30.1 Å². The second kappa shape index (κ2) is 8.05. The monoisotopic (exact) mass is 317 g/mol. The first-order valence-corrected chi connectivity index (χ1v) is 6.70. The molecule has 21 heavy (non-hydrogen) atoms. The van der Waals surface area contributed by atoms with Gasteiger partial charge >= 0.3 is 5.97 Å². The fraction of sp³-hybridized carbons (Fsp3) is 0.571. The Labute approximate surface area is 131 Å². The van der Waals surface area contributed by atoms with Crippen LogP contribution in [-0.2, 0) is 16.6 Å². The van der Waals surface area contributed by atoms with Crippen LogP contribution in [0.3, 0.4) is 0 Å². The Balaban J connectivity index is 0.00000400. The molecule has 1 amide bonds. The zero-order chi connectivity index (χ0) is 15.3. The van der Waals surface area contributed by atoms with Crippen molar-refractivity contribution in [2.75, 3.05) is 19.0 Å². The van der Waals surface area contributed by atoms with Gasteiger partial charge in [0.05, 0.1) is 18.2 Å². The van der Waals surface area contributed by atoms with Gasteiger partial charge in [0, 0.05) is 19.8 Å². The summed E-state index contributed by atoms with van der Waals surface area (Å²) < 4.78 is 6.29. The molecule has 0 aliphatic heterocycles. The van der Waals surface area contributed by atoms with Crippen LogP contribution >= 0.6 is 12.4 Å². The van der Waals surface area contributed by atoms with Crippen LogP contribution in [0.5, 0.6) is 0 Å². The number of aryl methyl sites for hydroxylation is 1. The Morgan fingerprint density at radius 2 is 1.95 bits per heavy atom. The van der Waals surface area contributed by atoms with Gasteiger partial charge < -0.3 is 20.4 Å². The topological polar surface area (TPSA) is 86.3 Å². The smallest absolute Gasteiger partial charge is 0.354 e. The Bertz CT molecular complexity index is 487. The highest BCUT2D eigenvalue weighted by Crippen LogP contribution is 2.27. The van der Waals surface area contributed by atoms with Crippen LogP contribution in [0, 0.1) is 5.41 Å². The molecule has 1 heterocycles. The van der Waals surface area contributed by atoms with Crippen molar-refractivity contribution < 1.29 is 14.3 Å². The van der Waals surface area contributed by atoms with E-state index in [1.54, 1.807) is 23.9 Å². The van der Waals surface area contributed by atoms with Gasteiger partial charge in [0.2, 0.25) is 5.91 Å². The van der Waals surface area contributed by atoms with E-state index in [1.807, 2.05) is 13.8 Å². The summed E-state index contributed by atoms with van der Waals surface area (Å²) in [6, 6.07) is 1.59. The average Bonchev–Trinajstić information content (AvgIpc) is 2.81. The van der Waals surface area contributed by atoms with Gasteiger partial charge in [-0.2, -0.15) is 0 Å². The van der Waals surface area contributed by atoms with Gasteiger partial charge in [0.1, 0.15) is 5.69 Å². The van der Waals surface area contributed by atoms with Crippen molar-refractivity contribution >= 4 is 30.0 Å². The lowest BCUT2D eigenvalue weighted by atomic mass is 9.81. The number of nitrogens with zero attached hydrogens (tertiary/aromatic N) is 1. The van der Waals surface area contributed by atoms with E-state index in [9.17, 15) is 9.59 Å².